The maximum Gasteiger partial charge on any atom is 0.278 e. The van der Waals surface area contributed by atoms with Crippen molar-refractivity contribution >= 4 is 17.7 Å². The second kappa shape index (κ2) is 9.94. The molecule has 1 aromatic heterocycles. The molecule has 3 saturated carbocycles. The van der Waals surface area contributed by atoms with E-state index in [1.165, 1.54) is 24.0 Å². The highest BCUT2D eigenvalue weighted by molar-refractivity contribution is 7.98. The van der Waals surface area contributed by atoms with Crippen molar-refractivity contribution in [2.75, 3.05) is 11.7 Å². The van der Waals surface area contributed by atoms with E-state index in [0.29, 0.717) is 12.0 Å². The van der Waals surface area contributed by atoms with Crippen LogP contribution in [-0.2, 0) is 12.4 Å². The number of pyridine rings is 1. The van der Waals surface area contributed by atoms with Gasteiger partial charge in [-0.05, 0) is 35.2 Å². The number of carbonyl (C=O) groups is 1. The Morgan fingerprint density at radius 1 is 0.907 bits per heavy atom. The fraction of sp³-hybridized carbons (Fsp3) is 0.273. The molecule has 3 heterocycles. The second-order valence-electron chi connectivity index (χ2n) is 11.5. The smallest absolute Gasteiger partial charge is 0.278 e. The number of nitrogens with zero attached hydrogens (tertiary/aromatic N) is 3. The van der Waals surface area contributed by atoms with Crippen molar-refractivity contribution in [2.45, 2.75) is 41.9 Å². The van der Waals surface area contributed by atoms with Crippen LogP contribution in [-0.4, -0.2) is 34.4 Å². The zero-order valence-corrected chi connectivity index (χ0v) is 23.6. The number of halogens is 3. The molecular weight excluding hydrogens is 575 g/mol. The van der Waals surface area contributed by atoms with E-state index >= 15 is 4.39 Å². The van der Waals surface area contributed by atoms with Crippen molar-refractivity contribution in [1.82, 2.24) is 9.58 Å². The SMILES string of the molecule is O=C1c2c(OCc3ccccc3)c(=O)ccn2N([C@@H]2c3ccccc3SCc3c2ccc(F)c3F)CN1C1C2CC1C2F. The van der Waals surface area contributed by atoms with Crippen molar-refractivity contribution in [3.05, 3.63) is 129 Å². The van der Waals surface area contributed by atoms with Crippen LogP contribution in [0.1, 0.15) is 45.2 Å². The van der Waals surface area contributed by atoms with Crippen LogP contribution in [0, 0.1) is 23.5 Å². The van der Waals surface area contributed by atoms with Gasteiger partial charge in [-0.25, -0.2) is 13.2 Å². The molecule has 2 aliphatic heterocycles. The highest BCUT2D eigenvalue weighted by atomic mass is 32.2. The predicted octanol–water partition coefficient (Wildman–Crippen LogP) is 5.81. The van der Waals surface area contributed by atoms with Gasteiger partial charge in [0.1, 0.15) is 19.4 Å². The van der Waals surface area contributed by atoms with Crippen molar-refractivity contribution in [3.8, 4) is 5.75 Å². The van der Waals surface area contributed by atoms with Crippen LogP contribution in [0.5, 0.6) is 5.75 Å². The molecule has 9 rings (SSSR count). The largest absolute Gasteiger partial charge is 0.482 e. The van der Waals surface area contributed by atoms with Gasteiger partial charge in [0.15, 0.2) is 23.1 Å². The first kappa shape index (κ1) is 26.4. The lowest BCUT2D eigenvalue weighted by atomic mass is 9.49. The van der Waals surface area contributed by atoms with Gasteiger partial charge in [-0.2, -0.15) is 0 Å². The summed E-state index contributed by atoms with van der Waals surface area (Å²) in [6.45, 7) is 0.136. The first-order valence-electron chi connectivity index (χ1n) is 14.2. The zero-order chi connectivity index (χ0) is 29.4. The van der Waals surface area contributed by atoms with Gasteiger partial charge in [0, 0.05) is 46.4 Å². The van der Waals surface area contributed by atoms with Crippen LogP contribution in [0.25, 0.3) is 0 Å². The van der Waals surface area contributed by atoms with E-state index in [4.69, 9.17) is 4.74 Å². The summed E-state index contributed by atoms with van der Waals surface area (Å²) in [5, 5.41) is 1.89. The lowest BCUT2D eigenvalue weighted by Gasteiger charge is -2.65. The molecule has 0 spiro atoms. The van der Waals surface area contributed by atoms with Gasteiger partial charge in [0.05, 0.1) is 6.04 Å². The topological polar surface area (TPSA) is 54.8 Å². The number of benzene rings is 3. The number of hydrogen-bond donors (Lipinski definition) is 0. The average Bonchev–Trinajstić information content (AvgIpc) is 3.16. The van der Waals surface area contributed by atoms with Gasteiger partial charge in [0.25, 0.3) is 5.91 Å². The zero-order valence-electron chi connectivity index (χ0n) is 22.8. The summed E-state index contributed by atoms with van der Waals surface area (Å²) in [6.07, 6.45) is 1.29. The Morgan fingerprint density at radius 3 is 2.44 bits per heavy atom. The number of hydrogen-bond acceptors (Lipinski definition) is 5. The van der Waals surface area contributed by atoms with E-state index in [-0.39, 0.29) is 53.9 Å². The number of amides is 1. The molecule has 10 heteroatoms. The van der Waals surface area contributed by atoms with Gasteiger partial charge in [-0.3, -0.25) is 19.3 Å². The second-order valence-corrected chi connectivity index (χ2v) is 12.5. The van der Waals surface area contributed by atoms with Crippen LogP contribution in [0.3, 0.4) is 0 Å². The van der Waals surface area contributed by atoms with Crippen LogP contribution in [0.15, 0.2) is 88.7 Å². The van der Waals surface area contributed by atoms with Crippen molar-refractivity contribution < 1.29 is 22.7 Å². The first-order chi connectivity index (χ1) is 20.9. The molecule has 3 aliphatic carbocycles. The Kier molecular flexibility index (Phi) is 6.11. The Balaban J connectivity index is 1.31. The summed E-state index contributed by atoms with van der Waals surface area (Å²) >= 11 is 1.42. The van der Waals surface area contributed by atoms with E-state index in [0.717, 1.165) is 22.1 Å². The van der Waals surface area contributed by atoms with E-state index in [1.54, 1.807) is 15.6 Å². The van der Waals surface area contributed by atoms with Crippen LogP contribution in [0.2, 0.25) is 0 Å². The lowest BCUT2D eigenvalue weighted by Crippen LogP contribution is -2.75. The highest BCUT2D eigenvalue weighted by Gasteiger charge is 2.66. The van der Waals surface area contributed by atoms with Gasteiger partial charge in [-0.1, -0.05) is 54.6 Å². The molecule has 4 aromatic rings. The third-order valence-electron chi connectivity index (χ3n) is 9.31. The standard InChI is InChI=1S/C33H26F3N3O3S/c34-24-11-10-19-23(28(24)36)16-43-26-9-5-4-8-20(26)30(19)39-17-37(29-21-14-22(29)27(21)35)33(41)31-32(25(40)12-13-38(31)39)42-15-18-6-2-1-3-7-18/h1-13,21-22,27,29-30H,14-17H2/t21?,22?,27?,29?,30-/m0/s1. The number of fused-ring (bicyclic) bond motifs is 3. The third kappa shape index (κ3) is 3.95. The number of thioether (sulfide) groups is 1. The van der Waals surface area contributed by atoms with E-state index in [2.05, 4.69) is 0 Å². The van der Waals surface area contributed by atoms with Crippen molar-refractivity contribution in [2.24, 2.45) is 11.8 Å². The molecule has 43 heavy (non-hydrogen) atoms. The number of alkyl halides is 1. The molecule has 3 aromatic carbocycles. The van der Waals surface area contributed by atoms with Gasteiger partial charge < -0.3 is 9.64 Å². The maximum absolute atomic E-state index is 15.4. The van der Waals surface area contributed by atoms with Gasteiger partial charge >= 0.3 is 0 Å². The minimum Gasteiger partial charge on any atom is -0.482 e. The number of rotatable bonds is 5. The fourth-order valence-electron chi connectivity index (χ4n) is 6.92. The van der Waals surface area contributed by atoms with Crippen molar-refractivity contribution in [3.63, 3.8) is 0 Å². The predicted molar refractivity (Wildman–Crippen MR) is 155 cm³/mol. The summed E-state index contributed by atoms with van der Waals surface area (Å²) in [6, 6.07) is 20.1. The van der Waals surface area contributed by atoms with Gasteiger partial charge in [-0.15, -0.1) is 11.8 Å². The Bertz CT molecular complexity index is 1820. The van der Waals surface area contributed by atoms with E-state index in [9.17, 15) is 18.4 Å². The molecule has 0 radical (unpaired) electrons. The number of aromatic nitrogens is 1. The summed E-state index contributed by atoms with van der Waals surface area (Å²) in [5.41, 5.74) is 2.06. The molecule has 0 N–H and O–H groups in total. The third-order valence-corrected chi connectivity index (χ3v) is 10.4. The molecule has 3 atom stereocenters. The molecule has 5 aliphatic rings. The molecule has 2 unspecified atom stereocenters. The quantitative estimate of drug-likeness (QED) is 0.289. The van der Waals surface area contributed by atoms with E-state index < -0.39 is 35.2 Å². The molecule has 6 nitrogen and oxygen atoms in total. The summed E-state index contributed by atoms with van der Waals surface area (Å²) < 4.78 is 52.1. The van der Waals surface area contributed by atoms with E-state index in [1.807, 2.05) is 59.6 Å². The Morgan fingerprint density at radius 2 is 1.67 bits per heavy atom. The molecule has 2 bridgehead atoms. The van der Waals surface area contributed by atoms with Crippen LogP contribution in [0.4, 0.5) is 13.2 Å². The minimum atomic E-state index is -0.951. The fourth-order valence-corrected chi connectivity index (χ4v) is 8.04. The summed E-state index contributed by atoms with van der Waals surface area (Å²) in [7, 11) is 0. The molecule has 0 saturated heterocycles. The van der Waals surface area contributed by atoms with Crippen molar-refractivity contribution in [1.29, 1.82) is 0 Å². The molecular formula is C33H26F3N3O3S. The molecule has 3 fully saturated rings. The Labute approximate surface area is 249 Å². The maximum atomic E-state index is 15.4. The minimum absolute atomic E-state index is 0.0369. The summed E-state index contributed by atoms with van der Waals surface area (Å²) in [5.74, 6) is -2.64. The average molecular weight is 602 g/mol. The van der Waals surface area contributed by atoms with Crippen LogP contribution < -0.4 is 15.2 Å². The Hall–Kier alpha value is -4.18. The molecule has 218 valence electrons. The van der Waals surface area contributed by atoms with Gasteiger partial charge in [0.2, 0.25) is 5.43 Å². The monoisotopic (exact) mass is 601 g/mol. The lowest BCUT2D eigenvalue weighted by molar-refractivity contribution is -0.178. The normalized spacial score (nSPS) is 25.1. The number of carbonyl (C=O) groups excluding carboxylic acids is 1. The highest BCUT2D eigenvalue weighted by Crippen LogP contribution is 2.58. The van der Waals surface area contributed by atoms with Crippen LogP contribution >= 0.6 is 11.8 Å². The summed E-state index contributed by atoms with van der Waals surface area (Å²) in [4.78, 5) is 30.0. The molecule has 1 amide bonds. The number of ether oxygens (including phenoxy) is 1. The first-order valence-corrected chi connectivity index (χ1v) is 15.2.